The van der Waals surface area contributed by atoms with E-state index in [4.69, 9.17) is 0 Å². The van der Waals surface area contributed by atoms with Crippen LogP contribution in [0.3, 0.4) is 0 Å². The van der Waals surface area contributed by atoms with Crippen LogP contribution < -0.4 is 10.6 Å². The summed E-state index contributed by atoms with van der Waals surface area (Å²) in [4.78, 5) is 22.3. The Kier molecular flexibility index (Phi) is 11.3. The normalized spacial score (nSPS) is 18.5. The van der Waals surface area contributed by atoms with E-state index in [-0.39, 0.29) is 28.6 Å². The molecule has 1 radical (unpaired) electrons. The van der Waals surface area contributed by atoms with Crippen molar-refractivity contribution in [1.82, 2.24) is 10.6 Å². The second kappa shape index (κ2) is 12.3. The monoisotopic (exact) mass is 389 g/mol. The number of hydrogen-bond acceptors (Lipinski definition) is 4. The van der Waals surface area contributed by atoms with Crippen molar-refractivity contribution in [2.75, 3.05) is 0 Å². The van der Waals surface area contributed by atoms with Crippen molar-refractivity contribution in [2.45, 2.75) is 39.8 Å². The van der Waals surface area contributed by atoms with E-state index in [1.54, 1.807) is 48.9 Å². The van der Waals surface area contributed by atoms with Gasteiger partial charge in [-0.3, -0.25) is 9.59 Å². The summed E-state index contributed by atoms with van der Waals surface area (Å²) in [6.07, 6.45) is 17.5. The Morgan fingerprint density at radius 2 is 1.00 bits per heavy atom. The molecule has 0 saturated carbocycles. The van der Waals surface area contributed by atoms with E-state index in [1.165, 1.54) is 0 Å². The Morgan fingerprint density at radius 1 is 0.680 bits per heavy atom. The van der Waals surface area contributed by atoms with Crippen LogP contribution in [0.15, 0.2) is 72.2 Å². The SMILES string of the molecule is CC(C)NC=C1C=CC=CC1=O.CC(C)NC=C1C=CC=CC1=O.[Cu]. The summed E-state index contributed by atoms with van der Waals surface area (Å²) in [7, 11) is 0. The average Bonchev–Trinajstić information content (AvgIpc) is 2.54. The number of ketones is 2. The molecule has 0 aromatic rings. The van der Waals surface area contributed by atoms with Crippen LogP contribution in [0, 0.1) is 0 Å². The molecule has 4 nitrogen and oxygen atoms in total. The summed E-state index contributed by atoms with van der Waals surface area (Å²) in [5.74, 6) is 0.122. The Morgan fingerprint density at radius 3 is 1.28 bits per heavy atom. The predicted molar refractivity (Wildman–Crippen MR) is 99.3 cm³/mol. The van der Waals surface area contributed by atoms with Gasteiger partial charge in [0, 0.05) is 52.7 Å². The van der Waals surface area contributed by atoms with Gasteiger partial charge in [0.1, 0.15) is 0 Å². The van der Waals surface area contributed by atoms with E-state index >= 15 is 0 Å². The first-order chi connectivity index (χ1) is 11.4. The molecular weight excluding hydrogens is 364 g/mol. The molecule has 5 heteroatoms. The third kappa shape index (κ3) is 9.70. The number of rotatable bonds is 4. The maximum atomic E-state index is 11.2. The van der Waals surface area contributed by atoms with Crippen LogP contribution in [0.25, 0.3) is 0 Å². The Bertz CT molecular complexity index is 580. The van der Waals surface area contributed by atoms with E-state index in [0.29, 0.717) is 23.2 Å². The molecule has 2 N–H and O–H groups in total. The van der Waals surface area contributed by atoms with Gasteiger partial charge in [0.15, 0.2) is 11.6 Å². The fraction of sp³-hybridized carbons (Fsp3) is 0.300. The molecule has 0 unspecified atom stereocenters. The molecule has 0 aliphatic heterocycles. The van der Waals surface area contributed by atoms with Crippen LogP contribution in [-0.2, 0) is 26.7 Å². The smallest absolute Gasteiger partial charge is 0.187 e. The van der Waals surface area contributed by atoms with Crippen LogP contribution in [0.4, 0.5) is 0 Å². The molecule has 0 amide bonds. The molecule has 139 valence electrons. The Balaban J connectivity index is 0.000000443. The van der Waals surface area contributed by atoms with Gasteiger partial charge in [0.2, 0.25) is 0 Å². The number of hydrogen-bond donors (Lipinski definition) is 2. The van der Waals surface area contributed by atoms with Gasteiger partial charge in [-0.15, -0.1) is 0 Å². The second-order valence-electron chi connectivity index (χ2n) is 6.01. The minimum absolute atomic E-state index is 0. The summed E-state index contributed by atoms with van der Waals surface area (Å²) < 4.78 is 0. The second-order valence-corrected chi connectivity index (χ2v) is 6.01. The van der Waals surface area contributed by atoms with Crippen LogP contribution in [-0.4, -0.2) is 23.7 Å². The molecule has 25 heavy (non-hydrogen) atoms. The van der Waals surface area contributed by atoms with Gasteiger partial charge in [0.05, 0.1) is 0 Å². The third-order valence-corrected chi connectivity index (χ3v) is 2.98. The first-order valence-corrected chi connectivity index (χ1v) is 8.10. The van der Waals surface area contributed by atoms with Crippen LogP contribution in [0.5, 0.6) is 0 Å². The quantitative estimate of drug-likeness (QED) is 0.573. The fourth-order valence-electron chi connectivity index (χ4n) is 1.71. The van der Waals surface area contributed by atoms with Crippen LogP contribution in [0.1, 0.15) is 27.7 Å². The minimum atomic E-state index is 0. The average molecular weight is 390 g/mol. The zero-order valence-corrected chi connectivity index (χ0v) is 16.0. The first-order valence-electron chi connectivity index (χ1n) is 8.10. The van der Waals surface area contributed by atoms with Crippen molar-refractivity contribution >= 4 is 11.6 Å². The molecule has 0 bridgehead atoms. The summed E-state index contributed by atoms with van der Waals surface area (Å²) >= 11 is 0. The van der Waals surface area contributed by atoms with Gasteiger partial charge in [-0.1, -0.05) is 24.3 Å². The number of carbonyl (C=O) groups excluding carboxylic acids is 2. The van der Waals surface area contributed by atoms with Gasteiger partial charge in [-0.2, -0.15) is 0 Å². The van der Waals surface area contributed by atoms with E-state index in [1.807, 2.05) is 39.8 Å². The zero-order chi connectivity index (χ0) is 17.9. The van der Waals surface area contributed by atoms with Crippen molar-refractivity contribution in [1.29, 1.82) is 0 Å². The molecule has 0 aromatic heterocycles. The topological polar surface area (TPSA) is 58.2 Å². The van der Waals surface area contributed by atoms with Gasteiger partial charge in [-0.05, 0) is 52.0 Å². The molecule has 0 saturated heterocycles. The summed E-state index contributed by atoms with van der Waals surface area (Å²) in [6, 6.07) is 0.731. The van der Waals surface area contributed by atoms with Crippen molar-refractivity contribution in [2.24, 2.45) is 0 Å². The molecule has 0 fully saturated rings. The fourth-order valence-corrected chi connectivity index (χ4v) is 1.71. The van der Waals surface area contributed by atoms with Crippen LogP contribution in [0.2, 0.25) is 0 Å². The Labute approximate surface area is 161 Å². The van der Waals surface area contributed by atoms with E-state index < -0.39 is 0 Å². The van der Waals surface area contributed by atoms with Crippen molar-refractivity contribution in [3.63, 3.8) is 0 Å². The summed E-state index contributed by atoms with van der Waals surface area (Å²) in [6.45, 7) is 8.13. The molecule has 2 rings (SSSR count). The minimum Gasteiger partial charge on any atom is -0.388 e. The largest absolute Gasteiger partial charge is 0.388 e. The molecule has 0 aromatic carbocycles. The summed E-state index contributed by atoms with van der Waals surface area (Å²) in [5, 5.41) is 6.16. The summed E-state index contributed by atoms with van der Waals surface area (Å²) in [5.41, 5.74) is 1.43. The number of allylic oxidation sites excluding steroid dienone is 10. The maximum Gasteiger partial charge on any atom is 0.187 e. The van der Waals surface area contributed by atoms with Gasteiger partial charge < -0.3 is 10.6 Å². The molecule has 2 aliphatic carbocycles. The predicted octanol–water partition coefficient (Wildman–Crippen LogP) is 3.12. The molecule has 2 aliphatic rings. The first kappa shape index (κ1) is 22.9. The molecule has 0 heterocycles. The standard InChI is InChI=1S/2C10H13NO.Cu/c2*1-8(2)11-7-9-5-3-4-6-10(9)12;/h2*3-8,11H,1-2H3;. The van der Waals surface area contributed by atoms with E-state index in [2.05, 4.69) is 10.6 Å². The maximum absolute atomic E-state index is 11.2. The number of nitrogens with one attached hydrogen (secondary N) is 2. The van der Waals surface area contributed by atoms with Crippen LogP contribution >= 0.6 is 0 Å². The zero-order valence-electron chi connectivity index (χ0n) is 15.0. The number of carbonyl (C=O) groups is 2. The van der Waals surface area contributed by atoms with E-state index in [0.717, 1.165) is 0 Å². The third-order valence-electron chi connectivity index (χ3n) is 2.98. The van der Waals surface area contributed by atoms with Gasteiger partial charge >= 0.3 is 0 Å². The van der Waals surface area contributed by atoms with Crippen molar-refractivity contribution in [3.05, 3.63) is 72.2 Å². The van der Waals surface area contributed by atoms with Crippen molar-refractivity contribution < 1.29 is 26.7 Å². The molecular formula is C20H26CuN2O2. The Hall–Kier alpha value is -2.10. The molecule has 0 spiro atoms. The van der Waals surface area contributed by atoms with Crippen molar-refractivity contribution in [3.8, 4) is 0 Å². The van der Waals surface area contributed by atoms with E-state index in [9.17, 15) is 9.59 Å². The molecule has 0 atom stereocenters. The van der Waals surface area contributed by atoms with Gasteiger partial charge in [-0.25, -0.2) is 0 Å². The van der Waals surface area contributed by atoms with Gasteiger partial charge in [0.25, 0.3) is 0 Å².